The zero-order valence-corrected chi connectivity index (χ0v) is 15.7. The molecule has 1 N–H and O–H groups in total. The Morgan fingerprint density at radius 2 is 2.08 bits per heavy atom. The Hall–Kier alpha value is -1.85. The Morgan fingerprint density at radius 3 is 2.67 bits per heavy atom. The molecular weight excluding hydrogens is 372 g/mol. The average molecular weight is 388 g/mol. The molecule has 0 aliphatic carbocycles. The van der Waals surface area contributed by atoms with Crippen LogP contribution in [0, 0.1) is 0 Å². The molecule has 1 amide bonds. The summed E-state index contributed by atoms with van der Waals surface area (Å²) in [6.45, 7) is -0.395. The molecule has 24 heavy (non-hydrogen) atoms. The molecule has 11 heteroatoms. The van der Waals surface area contributed by atoms with Gasteiger partial charge in [-0.1, -0.05) is 35.2 Å². The van der Waals surface area contributed by atoms with E-state index in [1.165, 1.54) is 30.2 Å². The van der Waals surface area contributed by atoms with E-state index in [2.05, 4.69) is 15.5 Å². The van der Waals surface area contributed by atoms with Crippen LogP contribution < -0.4 is 14.4 Å². The van der Waals surface area contributed by atoms with Gasteiger partial charge in [0, 0.05) is 0 Å². The van der Waals surface area contributed by atoms with E-state index in [9.17, 15) is 13.2 Å². The summed E-state index contributed by atoms with van der Waals surface area (Å²) >= 11 is 2.62. The molecule has 130 valence electrons. The quantitative estimate of drug-likeness (QED) is 0.569. The van der Waals surface area contributed by atoms with Crippen LogP contribution in [0.4, 0.5) is 10.8 Å². The van der Waals surface area contributed by atoms with E-state index >= 15 is 0 Å². The summed E-state index contributed by atoms with van der Waals surface area (Å²) in [6, 6.07) is 6.59. The molecule has 0 spiro atoms. The smallest absolute Gasteiger partial charge is 0.246 e. The van der Waals surface area contributed by atoms with Gasteiger partial charge in [0.05, 0.1) is 19.1 Å². The lowest BCUT2D eigenvalue weighted by Crippen LogP contribution is -2.37. The van der Waals surface area contributed by atoms with Crippen LogP contribution in [-0.4, -0.2) is 50.7 Å². The van der Waals surface area contributed by atoms with E-state index in [1.54, 1.807) is 24.3 Å². The number of nitrogens with one attached hydrogen (secondary N) is 1. The highest BCUT2D eigenvalue weighted by atomic mass is 32.2. The first-order valence-electron chi connectivity index (χ1n) is 6.63. The Balaban J connectivity index is 2.22. The van der Waals surface area contributed by atoms with Crippen molar-refractivity contribution in [2.24, 2.45) is 0 Å². The SMILES string of the molecule is COc1ccccc1N(CC(=O)Nc1nnc(SC)s1)S(C)(=O)=O. The van der Waals surface area contributed by atoms with Crippen LogP contribution in [0.15, 0.2) is 28.6 Å². The predicted molar refractivity (Wildman–Crippen MR) is 95.5 cm³/mol. The van der Waals surface area contributed by atoms with E-state index in [0.29, 0.717) is 20.9 Å². The van der Waals surface area contributed by atoms with Gasteiger partial charge in [0.2, 0.25) is 21.1 Å². The summed E-state index contributed by atoms with van der Waals surface area (Å²) in [4.78, 5) is 12.2. The fourth-order valence-electron chi connectivity index (χ4n) is 1.85. The molecule has 0 fully saturated rings. The number of hydrogen-bond donors (Lipinski definition) is 1. The number of sulfonamides is 1. The van der Waals surface area contributed by atoms with Gasteiger partial charge >= 0.3 is 0 Å². The van der Waals surface area contributed by atoms with Crippen molar-refractivity contribution >= 4 is 49.8 Å². The lowest BCUT2D eigenvalue weighted by Gasteiger charge is -2.23. The number of anilines is 2. The number of ether oxygens (including phenoxy) is 1. The first kappa shape index (κ1) is 18.5. The number of aromatic nitrogens is 2. The molecule has 0 aliphatic heterocycles. The molecule has 2 rings (SSSR count). The molecule has 1 aromatic carbocycles. The summed E-state index contributed by atoms with van der Waals surface area (Å²) < 4.78 is 31.1. The number of amides is 1. The van der Waals surface area contributed by atoms with Crippen LogP contribution in [0.2, 0.25) is 0 Å². The van der Waals surface area contributed by atoms with E-state index in [0.717, 1.165) is 10.6 Å². The monoisotopic (exact) mass is 388 g/mol. The highest BCUT2D eigenvalue weighted by molar-refractivity contribution is 8.00. The third-order valence-electron chi connectivity index (χ3n) is 2.87. The Morgan fingerprint density at radius 1 is 1.38 bits per heavy atom. The molecule has 0 bridgehead atoms. The number of hydrogen-bond acceptors (Lipinski definition) is 8. The van der Waals surface area contributed by atoms with Crippen molar-refractivity contribution < 1.29 is 17.9 Å². The first-order valence-corrected chi connectivity index (χ1v) is 10.5. The van der Waals surface area contributed by atoms with Gasteiger partial charge < -0.3 is 4.74 Å². The van der Waals surface area contributed by atoms with Crippen LogP contribution in [-0.2, 0) is 14.8 Å². The van der Waals surface area contributed by atoms with Crippen molar-refractivity contribution in [3.63, 3.8) is 0 Å². The maximum Gasteiger partial charge on any atom is 0.246 e. The first-order chi connectivity index (χ1) is 11.3. The average Bonchev–Trinajstić information content (AvgIpc) is 2.99. The van der Waals surface area contributed by atoms with Gasteiger partial charge in [0.25, 0.3) is 0 Å². The minimum Gasteiger partial charge on any atom is -0.495 e. The molecule has 0 saturated heterocycles. The van der Waals surface area contributed by atoms with Crippen molar-refractivity contribution in [1.82, 2.24) is 10.2 Å². The molecule has 1 heterocycles. The fourth-order valence-corrected chi connectivity index (χ4v) is 3.89. The standard InChI is InChI=1S/C13H16N4O4S3/c1-21-10-7-5-4-6-9(10)17(24(3,19)20)8-11(18)14-12-15-16-13(22-2)23-12/h4-7H,8H2,1-3H3,(H,14,15,18). The number of carbonyl (C=O) groups excluding carboxylic acids is 1. The van der Waals surface area contributed by atoms with Gasteiger partial charge in [-0.05, 0) is 18.4 Å². The lowest BCUT2D eigenvalue weighted by atomic mass is 10.3. The third kappa shape index (κ3) is 4.58. The molecule has 1 aromatic heterocycles. The number of para-hydroxylation sites is 2. The number of thioether (sulfide) groups is 1. The molecule has 0 aliphatic rings. The topological polar surface area (TPSA) is 101 Å². The Labute approximate surface area is 148 Å². The number of methoxy groups -OCH3 is 1. The Bertz CT molecular complexity index is 822. The molecule has 0 radical (unpaired) electrons. The largest absolute Gasteiger partial charge is 0.495 e. The van der Waals surface area contributed by atoms with E-state index in [4.69, 9.17) is 4.74 Å². The zero-order valence-electron chi connectivity index (χ0n) is 13.2. The second-order valence-electron chi connectivity index (χ2n) is 4.57. The second-order valence-corrected chi connectivity index (χ2v) is 8.50. The van der Waals surface area contributed by atoms with Crippen molar-refractivity contribution in [2.75, 3.05) is 35.8 Å². The number of benzene rings is 1. The van der Waals surface area contributed by atoms with E-state index < -0.39 is 22.5 Å². The van der Waals surface area contributed by atoms with Gasteiger partial charge in [-0.15, -0.1) is 10.2 Å². The molecule has 2 aromatic rings. The van der Waals surface area contributed by atoms with Gasteiger partial charge in [-0.2, -0.15) is 0 Å². The van der Waals surface area contributed by atoms with Crippen molar-refractivity contribution in [1.29, 1.82) is 0 Å². The molecule has 0 unspecified atom stereocenters. The van der Waals surface area contributed by atoms with Gasteiger partial charge in [0.15, 0.2) is 4.34 Å². The minimum atomic E-state index is -3.68. The van der Waals surface area contributed by atoms with Crippen LogP contribution in [0.3, 0.4) is 0 Å². The number of carbonyl (C=O) groups is 1. The zero-order chi connectivity index (χ0) is 17.7. The van der Waals surface area contributed by atoms with Gasteiger partial charge in [-0.25, -0.2) is 8.42 Å². The molecule has 8 nitrogen and oxygen atoms in total. The van der Waals surface area contributed by atoms with Crippen molar-refractivity contribution in [3.8, 4) is 5.75 Å². The summed E-state index contributed by atoms with van der Waals surface area (Å²) in [5.74, 6) is -0.161. The van der Waals surface area contributed by atoms with Crippen LogP contribution >= 0.6 is 23.1 Å². The van der Waals surface area contributed by atoms with Crippen LogP contribution in [0.1, 0.15) is 0 Å². The van der Waals surface area contributed by atoms with Crippen LogP contribution in [0.25, 0.3) is 0 Å². The lowest BCUT2D eigenvalue weighted by molar-refractivity contribution is -0.114. The highest BCUT2D eigenvalue weighted by Crippen LogP contribution is 2.29. The van der Waals surface area contributed by atoms with E-state index in [1.807, 2.05) is 6.26 Å². The summed E-state index contributed by atoms with van der Waals surface area (Å²) in [6.07, 6.45) is 2.88. The molecule has 0 saturated carbocycles. The summed E-state index contributed by atoms with van der Waals surface area (Å²) in [5.41, 5.74) is 0.291. The molecule has 0 atom stereocenters. The van der Waals surface area contributed by atoms with Crippen molar-refractivity contribution in [2.45, 2.75) is 4.34 Å². The minimum absolute atomic E-state index is 0.291. The second kappa shape index (κ2) is 7.81. The molecular formula is C13H16N4O4S3. The summed E-state index contributed by atoms with van der Waals surface area (Å²) in [5, 5.41) is 10.6. The fraction of sp³-hybridized carbons (Fsp3) is 0.308. The van der Waals surface area contributed by atoms with Gasteiger partial charge in [0.1, 0.15) is 12.3 Å². The predicted octanol–water partition coefficient (Wildman–Crippen LogP) is 1.67. The number of nitrogens with zero attached hydrogens (tertiary/aromatic N) is 3. The maximum atomic E-state index is 12.2. The van der Waals surface area contributed by atoms with Crippen LogP contribution in [0.5, 0.6) is 5.75 Å². The highest BCUT2D eigenvalue weighted by Gasteiger charge is 2.24. The third-order valence-corrected chi connectivity index (χ3v) is 5.81. The Kier molecular flexibility index (Phi) is 6.02. The van der Waals surface area contributed by atoms with Gasteiger partial charge in [-0.3, -0.25) is 14.4 Å². The maximum absolute atomic E-state index is 12.2. The van der Waals surface area contributed by atoms with E-state index in [-0.39, 0.29) is 0 Å². The summed E-state index contributed by atoms with van der Waals surface area (Å²) in [7, 11) is -2.25. The van der Waals surface area contributed by atoms with Crippen molar-refractivity contribution in [3.05, 3.63) is 24.3 Å². The number of rotatable bonds is 7. The normalized spacial score (nSPS) is 11.1.